The minimum absolute atomic E-state index is 0.0580. The molecule has 0 radical (unpaired) electrons. The lowest BCUT2D eigenvalue weighted by molar-refractivity contribution is -0.149. The number of likely N-dealkylation sites (tertiary alicyclic amines) is 2. The van der Waals surface area contributed by atoms with E-state index in [1.165, 1.54) is 16.7 Å². The third-order valence-corrected chi connectivity index (χ3v) is 11.2. The van der Waals surface area contributed by atoms with Crippen LogP contribution >= 0.6 is 0 Å². The molecule has 0 aromatic heterocycles. The summed E-state index contributed by atoms with van der Waals surface area (Å²) in [6, 6.07) is -10.6. The lowest BCUT2D eigenvalue weighted by Gasteiger charge is -2.35. The van der Waals surface area contributed by atoms with Crippen LogP contribution in [0.25, 0.3) is 0 Å². The molecule has 0 aromatic rings. The molecule has 2 saturated heterocycles. The van der Waals surface area contributed by atoms with E-state index < -0.39 is 132 Å². The highest BCUT2D eigenvalue weighted by molar-refractivity contribution is 5.99. The predicted molar refractivity (Wildman–Crippen MR) is 226 cm³/mol. The molecular formula is C40H67N11O13. The minimum Gasteiger partial charge on any atom is -0.480 e. The van der Waals surface area contributed by atoms with Crippen molar-refractivity contribution in [1.82, 2.24) is 36.4 Å². The number of aliphatic hydroxyl groups is 1. The van der Waals surface area contributed by atoms with Crippen molar-refractivity contribution in [2.75, 3.05) is 13.1 Å². The predicted octanol–water partition coefficient (Wildman–Crippen LogP) is -4.32. The molecule has 10 amide bonds. The number of aliphatic carboxylic acids is 1. The van der Waals surface area contributed by atoms with Crippen molar-refractivity contribution in [2.45, 2.75) is 160 Å². The molecule has 24 nitrogen and oxygen atoms in total. The van der Waals surface area contributed by atoms with Crippen molar-refractivity contribution < 1.29 is 63.0 Å². The number of nitrogens with zero attached hydrogens (tertiary/aromatic N) is 2. The fraction of sp³-hybridized carbons (Fsp3) is 0.725. The average molecular weight is 910 g/mol. The number of nitrogens with one attached hydrogen (secondary N) is 5. The van der Waals surface area contributed by atoms with E-state index in [4.69, 9.17) is 22.9 Å². The van der Waals surface area contributed by atoms with Gasteiger partial charge < -0.3 is 69.5 Å². The fourth-order valence-corrected chi connectivity index (χ4v) is 7.45. The van der Waals surface area contributed by atoms with Crippen LogP contribution in [0.15, 0.2) is 0 Å². The number of hydrogen-bond acceptors (Lipinski definition) is 13. The molecule has 2 aliphatic heterocycles. The van der Waals surface area contributed by atoms with Gasteiger partial charge in [-0.05, 0) is 63.7 Å². The van der Waals surface area contributed by atoms with Crippen LogP contribution in [0.1, 0.15) is 105 Å². The molecule has 0 aliphatic carbocycles. The number of nitrogens with two attached hydrogens (primary N) is 4. The van der Waals surface area contributed by atoms with Crippen LogP contribution in [0.5, 0.6) is 0 Å². The first kappa shape index (κ1) is 54.2. The van der Waals surface area contributed by atoms with Crippen molar-refractivity contribution in [3.8, 4) is 0 Å². The zero-order valence-electron chi connectivity index (χ0n) is 37.1. The summed E-state index contributed by atoms with van der Waals surface area (Å²) in [6.07, 6.45) is -1.54. The van der Waals surface area contributed by atoms with Crippen LogP contribution in [0.2, 0.25) is 0 Å². The van der Waals surface area contributed by atoms with Crippen molar-refractivity contribution in [3.05, 3.63) is 0 Å². The Morgan fingerprint density at radius 2 is 1.17 bits per heavy atom. The quantitative estimate of drug-likeness (QED) is 0.0391. The summed E-state index contributed by atoms with van der Waals surface area (Å²) in [5.41, 5.74) is 21.5. The van der Waals surface area contributed by atoms with Gasteiger partial charge in [0, 0.05) is 25.9 Å². The second-order valence-electron chi connectivity index (χ2n) is 16.9. The van der Waals surface area contributed by atoms with Crippen molar-refractivity contribution in [1.29, 1.82) is 0 Å². The summed E-state index contributed by atoms with van der Waals surface area (Å²) in [4.78, 5) is 144. The average Bonchev–Trinajstić information content (AvgIpc) is 3.91. The Morgan fingerprint density at radius 3 is 1.70 bits per heavy atom. The number of hydrogen-bond donors (Lipinski definition) is 11. The van der Waals surface area contributed by atoms with Crippen LogP contribution in [0.4, 0.5) is 0 Å². The van der Waals surface area contributed by atoms with Crippen LogP contribution in [-0.2, 0) is 52.7 Å². The Balaban J connectivity index is 2.28. The maximum atomic E-state index is 14.3. The molecule has 0 spiro atoms. The third kappa shape index (κ3) is 16.3. The maximum absolute atomic E-state index is 14.3. The van der Waals surface area contributed by atoms with Crippen molar-refractivity contribution in [3.63, 3.8) is 0 Å². The van der Waals surface area contributed by atoms with Crippen LogP contribution in [0, 0.1) is 11.8 Å². The molecule has 64 heavy (non-hydrogen) atoms. The van der Waals surface area contributed by atoms with Gasteiger partial charge >= 0.3 is 5.97 Å². The molecule has 2 rings (SSSR count). The van der Waals surface area contributed by atoms with E-state index in [1.54, 1.807) is 27.7 Å². The fourth-order valence-electron chi connectivity index (χ4n) is 7.45. The first-order valence-corrected chi connectivity index (χ1v) is 21.5. The topological polar surface area (TPSA) is 399 Å². The van der Waals surface area contributed by atoms with Gasteiger partial charge in [0.05, 0.1) is 18.6 Å². The molecule has 0 saturated carbocycles. The summed E-state index contributed by atoms with van der Waals surface area (Å²) in [5, 5.41) is 32.1. The van der Waals surface area contributed by atoms with Gasteiger partial charge in [-0.2, -0.15) is 0 Å². The summed E-state index contributed by atoms with van der Waals surface area (Å²) in [7, 11) is 0. The monoisotopic (exact) mass is 909 g/mol. The summed E-state index contributed by atoms with van der Waals surface area (Å²) in [5.74, 6) is -10.2. The number of amides is 10. The highest BCUT2D eigenvalue weighted by atomic mass is 16.4. The molecule has 0 bridgehead atoms. The second kappa shape index (κ2) is 25.4. The lowest BCUT2D eigenvalue weighted by Crippen LogP contribution is -2.61. The van der Waals surface area contributed by atoms with E-state index in [0.717, 1.165) is 0 Å². The summed E-state index contributed by atoms with van der Waals surface area (Å²) < 4.78 is 0. The van der Waals surface area contributed by atoms with E-state index in [-0.39, 0.29) is 64.0 Å². The number of carbonyl (C=O) groups excluding carboxylic acids is 10. The molecule has 360 valence electrons. The van der Waals surface area contributed by atoms with Gasteiger partial charge in [-0.1, -0.05) is 34.1 Å². The number of carbonyl (C=O) groups is 11. The summed E-state index contributed by atoms with van der Waals surface area (Å²) >= 11 is 0. The molecule has 15 N–H and O–H groups in total. The lowest BCUT2D eigenvalue weighted by atomic mass is 9.96. The Bertz CT molecular complexity index is 1740. The first-order valence-electron chi connectivity index (χ1n) is 21.5. The van der Waals surface area contributed by atoms with E-state index in [2.05, 4.69) is 26.6 Å². The molecule has 24 heteroatoms. The molecular weight excluding hydrogens is 843 g/mol. The zero-order chi connectivity index (χ0) is 48.6. The minimum atomic E-state index is -1.67. The molecule has 10 atom stereocenters. The van der Waals surface area contributed by atoms with Crippen molar-refractivity contribution in [2.24, 2.45) is 34.8 Å². The highest BCUT2D eigenvalue weighted by Crippen LogP contribution is 2.27. The van der Waals surface area contributed by atoms with E-state index in [0.29, 0.717) is 19.3 Å². The molecule has 2 heterocycles. The van der Waals surface area contributed by atoms with E-state index >= 15 is 0 Å². The van der Waals surface area contributed by atoms with Crippen LogP contribution < -0.4 is 49.5 Å². The molecule has 0 aromatic carbocycles. The Hall–Kier alpha value is -5.91. The van der Waals surface area contributed by atoms with E-state index in [9.17, 15) is 63.0 Å². The number of aliphatic hydroxyl groups excluding tert-OH is 1. The molecule has 2 fully saturated rings. The Kier molecular flexibility index (Phi) is 21.5. The van der Waals surface area contributed by atoms with Crippen LogP contribution in [0.3, 0.4) is 0 Å². The van der Waals surface area contributed by atoms with Gasteiger partial charge in [0.1, 0.15) is 42.3 Å². The smallest absolute Gasteiger partial charge is 0.326 e. The van der Waals surface area contributed by atoms with Gasteiger partial charge in [0.15, 0.2) is 0 Å². The summed E-state index contributed by atoms with van der Waals surface area (Å²) in [6.45, 7) is 8.46. The number of rotatable bonds is 26. The second-order valence-corrected chi connectivity index (χ2v) is 16.9. The SMILES string of the molecule is CC[C@H](C)[C@H](NC(=O)[C@H](CC(N)=O)NC(=O)[C@@H](N)CCC(N)=O)C(=O)N1CCC[C@H]1C(=O)N1CCC[C@H]1C(=O)N[C@@H](CC(C)C)C(=O)N[C@H](C(=O)N[C@@H](CCC(N)=O)C(=O)O)[C@@H](C)O. The Labute approximate surface area is 371 Å². The number of carboxylic acid groups (broad SMARTS) is 1. The molecule has 0 unspecified atom stereocenters. The largest absolute Gasteiger partial charge is 0.480 e. The standard InChI is InChI=1S/C40H67N11O13/c1-6-20(4)31(48-35(58)25(18-30(44)55)46-33(56)22(41)11-13-28(42)53)39(62)51-16-8-10-27(51)38(61)50-15-7-9-26(50)36(59)47-24(17-19(2)3)34(57)49-32(21(5)52)37(60)45-23(40(63)64)12-14-29(43)54/h19-27,31-32,52H,6-18,41H2,1-5H3,(H2,42,53)(H2,43,54)(H2,44,55)(H,45,60)(H,46,56)(H,47,59)(H,48,58)(H,49,57)(H,63,64)/t20-,21+,22-,23-,24-,25-,26-,27-,31-,32-/m0/s1. The van der Waals surface area contributed by atoms with Gasteiger partial charge in [-0.25, -0.2) is 4.79 Å². The van der Waals surface area contributed by atoms with E-state index in [1.807, 2.05) is 0 Å². The van der Waals surface area contributed by atoms with Crippen molar-refractivity contribution >= 4 is 65.0 Å². The number of primary amides is 3. The van der Waals surface area contributed by atoms with Gasteiger partial charge in [-0.15, -0.1) is 0 Å². The number of carboxylic acids is 1. The van der Waals surface area contributed by atoms with Gasteiger partial charge in [0.25, 0.3) is 0 Å². The maximum Gasteiger partial charge on any atom is 0.326 e. The molecule has 2 aliphatic rings. The zero-order valence-corrected chi connectivity index (χ0v) is 37.1. The first-order chi connectivity index (χ1) is 29.9. The highest BCUT2D eigenvalue weighted by Gasteiger charge is 2.45. The Morgan fingerprint density at radius 1 is 0.641 bits per heavy atom. The van der Waals surface area contributed by atoms with Gasteiger partial charge in [0.2, 0.25) is 59.1 Å². The van der Waals surface area contributed by atoms with Gasteiger partial charge in [-0.3, -0.25) is 47.9 Å². The normalized spacial score (nSPS) is 19.8. The third-order valence-electron chi connectivity index (χ3n) is 11.2. The van der Waals surface area contributed by atoms with Crippen LogP contribution in [-0.4, -0.2) is 153 Å².